The van der Waals surface area contributed by atoms with E-state index in [1.54, 1.807) is 20.9 Å². The van der Waals surface area contributed by atoms with E-state index in [0.29, 0.717) is 38.1 Å². The van der Waals surface area contributed by atoms with Gasteiger partial charge in [-0.1, -0.05) is 92.1 Å². The quantitative estimate of drug-likeness (QED) is 0.465. The number of amides is 4. The first kappa shape index (κ1) is 31.4. The van der Waals surface area contributed by atoms with Gasteiger partial charge in [0.15, 0.2) is 0 Å². The number of hydrogen-bond acceptors (Lipinski definition) is 5. The number of aliphatic hydroxyl groups excluding tert-OH is 1. The number of carbonyl (C=O) groups excluding carboxylic acids is 3. The van der Waals surface area contributed by atoms with E-state index in [1.807, 2.05) is 80.6 Å². The fraction of sp³-hybridized carbons (Fsp3) is 0.382. The Balaban J connectivity index is 0.00000207. The van der Waals surface area contributed by atoms with Crippen molar-refractivity contribution in [3.63, 3.8) is 0 Å². The third-order valence-electron chi connectivity index (χ3n) is 7.71. The van der Waals surface area contributed by atoms with Crippen LogP contribution in [0.25, 0.3) is 0 Å². The van der Waals surface area contributed by atoms with Crippen LogP contribution in [0.15, 0.2) is 84.1 Å². The number of aliphatic hydroxyl groups is 1. The first-order valence-corrected chi connectivity index (χ1v) is 15.0. The first-order chi connectivity index (χ1) is 20.9. The molecule has 0 aromatic heterocycles. The Kier molecular flexibility index (Phi) is 11.0. The summed E-state index contributed by atoms with van der Waals surface area (Å²) in [7, 11) is 0. The number of hydrazine groups is 1. The van der Waals surface area contributed by atoms with Crippen LogP contribution in [0.1, 0.15) is 50.7 Å². The van der Waals surface area contributed by atoms with E-state index in [2.05, 4.69) is 11.2 Å². The van der Waals surface area contributed by atoms with Crippen molar-refractivity contribution in [3.05, 3.63) is 95.3 Å². The molecule has 0 saturated carbocycles. The van der Waals surface area contributed by atoms with Gasteiger partial charge in [0, 0.05) is 19.5 Å². The Morgan fingerprint density at radius 1 is 1.00 bits per heavy atom. The lowest BCUT2D eigenvalue weighted by Crippen LogP contribution is -2.76. The minimum Gasteiger partial charge on any atom is -0.512 e. The molecule has 226 valence electrons. The summed E-state index contributed by atoms with van der Waals surface area (Å²) >= 11 is 0. The Labute approximate surface area is 254 Å². The zero-order valence-electron chi connectivity index (χ0n) is 25.0. The highest BCUT2D eigenvalue weighted by molar-refractivity contribution is 5.91. The van der Waals surface area contributed by atoms with Gasteiger partial charge in [0.25, 0.3) is 0 Å². The molecule has 2 atom stereocenters. The monoisotopic (exact) mass is 583 g/mol. The van der Waals surface area contributed by atoms with Crippen molar-refractivity contribution in [3.8, 4) is 12.3 Å². The molecule has 2 fully saturated rings. The van der Waals surface area contributed by atoms with E-state index < -0.39 is 12.2 Å². The number of rotatable bonds is 7. The molecule has 2 N–H and O–H groups in total. The molecule has 0 radical (unpaired) electrons. The molecular formula is C34H41N5O4. The predicted octanol–water partition coefficient (Wildman–Crippen LogP) is 4.60. The van der Waals surface area contributed by atoms with E-state index in [4.69, 9.17) is 6.42 Å². The Bertz CT molecular complexity index is 1370. The third-order valence-corrected chi connectivity index (χ3v) is 7.71. The van der Waals surface area contributed by atoms with E-state index in [0.717, 1.165) is 23.1 Å². The molecule has 2 aromatic rings. The molecule has 2 heterocycles. The minimum absolute atomic E-state index is 0.0708. The van der Waals surface area contributed by atoms with Gasteiger partial charge >= 0.3 is 6.03 Å². The summed E-state index contributed by atoms with van der Waals surface area (Å²) in [6.45, 7) is 4.77. The molecule has 9 heteroatoms. The molecular weight excluding hydrogens is 542 g/mol. The molecule has 0 bridgehead atoms. The zero-order valence-corrected chi connectivity index (χ0v) is 25.0. The minimum atomic E-state index is -0.790. The second kappa shape index (κ2) is 15.1. The van der Waals surface area contributed by atoms with Crippen LogP contribution in [0.4, 0.5) is 4.79 Å². The first-order valence-electron chi connectivity index (χ1n) is 15.0. The van der Waals surface area contributed by atoms with Gasteiger partial charge in [-0.3, -0.25) is 9.59 Å². The van der Waals surface area contributed by atoms with Crippen molar-refractivity contribution in [2.75, 3.05) is 19.6 Å². The summed E-state index contributed by atoms with van der Waals surface area (Å²) in [5, 5.41) is 16.1. The number of hydrogen-bond donors (Lipinski definition) is 2. The lowest BCUT2D eigenvalue weighted by Gasteiger charge is -2.55. The average Bonchev–Trinajstić information content (AvgIpc) is 3.23. The summed E-state index contributed by atoms with van der Waals surface area (Å²) in [4.78, 5) is 44.8. The van der Waals surface area contributed by atoms with E-state index >= 15 is 0 Å². The molecule has 2 aromatic carbocycles. The number of carbonyl (C=O) groups is 3. The van der Waals surface area contributed by atoms with Crippen LogP contribution < -0.4 is 5.32 Å². The zero-order chi connectivity index (χ0) is 30.8. The van der Waals surface area contributed by atoms with Crippen LogP contribution in [-0.4, -0.2) is 74.6 Å². The smallest absolute Gasteiger partial charge is 0.334 e. The van der Waals surface area contributed by atoms with Crippen molar-refractivity contribution in [1.82, 2.24) is 25.1 Å². The summed E-state index contributed by atoms with van der Waals surface area (Å²) in [5.74, 6) is 2.47. The molecule has 9 nitrogen and oxygen atoms in total. The number of allylic oxidation sites excluding steroid dienone is 3. The van der Waals surface area contributed by atoms with Crippen molar-refractivity contribution < 1.29 is 19.5 Å². The van der Waals surface area contributed by atoms with Crippen LogP contribution in [0.3, 0.4) is 0 Å². The highest BCUT2D eigenvalue weighted by Crippen LogP contribution is 2.32. The number of fused-ring (bicyclic) bond motifs is 1. The van der Waals surface area contributed by atoms with Crippen LogP contribution in [0.2, 0.25) is 0 Å². The largest absolute Gasteiger partial charge is 0.512 e. The van der Waals surface area contributed by atoms with E-state index in [1.165, 1.54) is 5.01 Å². The van der Waals surface area contributed by atoms with Gasteiger partial charge in [0.05, 0.1) is 25.4 Å². The molecule has 1 unspecified atom stereocenters. The SMILES string of the molecule is C#CCN1CC(=O)N2C(CC3=CC=C(O)CCC3)C(=O)N(Cc3ccccc3)C[C@@H]2N1C(=O)NCc1ccccc1.CC. The van der Waals surface area contributed by atoms with Gasteiger partial charge in [0.1, 0.15) is 12.2 Å². The maximum atomic E-state index is 14.0. The second-order valence-electron chi connectivity index (χ2n) is 10.6. The molecule has 43 heavy (non-hydrogen) atoms. The number of terminal acetylenes is 1. The number of benzene rings is 2. The van der Waals surface area contributed by atoms with E-state index in [-0.39, 0.29) is 37.5 Å². The summed E-state index contributed by atoms with van der Waals surface area (Å²) in [5.41, 5.74) is 2.87. The molecule has 5 rings (SSSR count). The van der Waals surface area contributed by atoms with Crippen molar-refractivity contribution in [1.29, 1.82) is 0 Å². The molecule has 1 aliphatic carbocycles. The number of nitrogens with one attached hydrogen (secondary N) is 1. The maximum Gasteiger partial charge on any atom is 0.334 e. The Morgan fingerprint density at radius 3 is 2.35 bits per heavy atom. The summed E-state index contributed by atoms with van der Waals surface area (Å²) in [6, 6.07) is 18.1. The van der Waals surface area contributed by atoms with Gasteiger partial charge in [-0.15, -0.1) is 6.42 Å². The fourth-order valence-corrected chi connectivity index (χ4v) is 5.73. The lowest BCUT2D eigenvalue weighted by molar-refractivity contribution is -0.189. The Morgan fingerprint density at radius 2 is 1.67 bits per heavy atom. The van der Waals surface area contributed by atoms with Crippen LogP contribution in [0, 0.1) is 12.3 Å². The molecule has 2 saturated heterocycles. The summed E-state index contributed by atoms with van der Waals surface area (Å²) in [6.07, 6.45) is 10.8. The molecule has 4 amide bonds. The highest BCUT2D eigenvalue weighted by Gasteiger charge is 2.51. The highest BCUT2D eigenvalue weighted by atomic mass is 16.3. The van der Waals surface area contributed by atoms with Gasteiger partial charge in [-0.2, -0.15) is 5.01 Å². The lowest BCUT2D eigenvalue weighted by atomic mass is 9.96. The normalized spacial score (nSPS) is 20.5. The topological polar surface area (TPSA) is 96.4 Å². The van der Waals surface area contributed by atoms with Crippen LogP contribution >= 0.6 is 0 Å². The molecule has 2 aliphatic heterocycles. The van der Waals surface area contributed by atoms with Gasteiger partial charge in [-0.25, -0.2) is 9.80 Å². The van der Waals surface area contributed by atoms with Crippen molar-refractivity contribution in [2.45, 2.75) is 64.8 Å². The second-order valence-corrected chi connectivity index (χ2v) is 10.6. The molecule has 0 spiro atoms. The number of nitrogens with zero attached hydrogens (tertiary/aromatic N) is 4. The fourth-order valence-electron chi connectivity index (χ4n) is 5.73. The van der Waals surface area contributed by atoms with Gasteiger partial charge in [0.2, 0.25) is 11.8 Å². The van der Waals surface area contributed by atoms with Crippen LogP contribution in [-0.2, 0) is 22.7 Å². The maximum absolute atomic E-state index is 14.0. The predicted molar refractivity (Wildman–Crippen MR) is 166 cm³/mol. The number of urea groups is 1. The summed E-state index contributed by atoms with van der Waals surface area (Å²) < 4.78 is 0. The van der Waals surface area contributed by atoms with Gasteiger partial charge in [-0.05, 0) is 36.5 Å². The molecule has 3 aliphatic rings. The van der Waals surface area contributed by atoms with Gasteiger partial charge < -0.3 is 20.2 Å². The third kappa shape index (κ3) is 7.65. The Hall–Kier alpha value is -4.55. The van der Waals surface area contributed by atoms with Crippen molar-refractivity contribution >= 4 is 17.8 Å². The number of piperazine rings is 1. The van der Waals surface area contributed by atoms with E-state index in [9.17, 15) is 19.5 Å². The van der Waals surface area contributed by atoms with Crippen LogP contribution in [0.5, 0.6) is 0 Å². The standard InChI is InChI=1S/C32H35N5O4.C2H6/c1-2-18-35-23-30(39)36-28(19-24-14-9-15-27(38)17-16-24)31(40)34(21-26-12-7-4-8-13-26)22-29(36)37(35)32(41)33-20-25-10-5-3-6-11-25;1-2/h1,3-8,10-13,16-17,28-29,38H,9,14-15,18-23H2,(H,33,41);1-2H3/t28?,29-;/m0./s1. The average molecular weight is 584 g/mol. The van der Waals surface area contributed by atoms with Crippen molar-refractivity contribution in [2.24, 2.45) is 0 Å².